The van der Waals surface area contributed by atoms with E-state index in [1.54, 1.807) is 12.1 Å². The van der Waals surface area contributed by atoms with Gasteiger partial charge in [-0.2, -0.15) is 5.10 Å². The summed E-state index contributed by atoms with van der Waals surface area (Å²) in [5.41, 5.74) is 1.31. The second kappa shape index (κ2) is 7.28. The Kier molecular flexibility index (Phi) is 5.41. The number of aromatic amines is 1. The molecular weight excluding hydrogens is 313 g/mol. The van der Waals surface area contributed by atoms with Crippen LogP contribution < -0.4 is 10.6 Å². The van der Waals surface area contributed by atoms with Gasteiger partial charge in [-0.3, -0.25) is 9.89 Å². The molecule has 8 heteroatoms. The Morgan fingerprint density at radius 3 is 2.81 bits per heavy atom. The van der Waals surface area contributed by atoms with Crippen LogP contribution in [0, 0.1) is 0 Å². The number of nitrogens with zero attached hydrogens (tertiary/aromatic N) is 2. The van der Waals surface area contributed by atoms with Gasteiger partial charge >= 0.3 is 0 Å². The molecule has 0 aliphatic heterocycles. The Labute approximate surface area is 132 Å². The summed E-state index contributed by atoms with van der Waals surface area (Å²) in [7, 11) is 0. The molecule has 0 atom stereocenters. The van der Waals surface area contributed by atoms with Crippen molar-refractivity contribution in [2.75, 3.05) is 18.4 Å². The third-order valence-electron chi connectivity index (χ3n) is 2.76. The Morgan fingerprint density at radius 2 is 2.14 bits per heavy atom. The number of nitrogens with one attached hydrogen (secondary N) is 3. The molecule has 6 nitrogen and oxygen atoms in total. The highest BCUT2D eigenvalue weighted by Gasteiger charge is 2.09. The van der Waals surface area contributed by atoms with Gasteiger partial charge in [-0.1, -0.05) is 30.1 Å². The molecule has 0 aromatic carbocycles. The fraction of sp³-hybridized carbons (Fsp3) is 0.308. The van der Waals surface area contributed by atoms with Crippen LogP contribution in [-0.2, 0) is 6.42 Å². The molecule has 0 unspecified atom stereocenters. The smallest absolute Gasteiger partial charge is 0.271 e. The quantitative estimate of drug-likeness (QED) is 0.712. The lowest BCUT2D eigenvalue weighted by atomic mass is 10.3. The first kappa shape index (κ1) is 15.6. The molecule has 21 heavy (non-hydrogen) atoms. The topological polar surface area (TPSA) is 82.7 Å². The van der Waals surface area contributed by atoms with E-state index in [4.69, 9.17) is 23.2 Å². The maximum Gasteiger partial charge on any atom is 0.271 e. The molecule has 1 amide bonds. The van der Waals surface area contributed by atoms with Gasteiger partial charge in [-0.15, -0.1) is 0 Å². The molecule has 0 bridgehead atoms. The molecule has 0 aliphatic rings. The number of aryl methyl sites for hydroxylation is 1. The van der Waals surface area contributed by atoms with E-state index < -0.39 is 0 Å². The normalized spacial score (nSPS) is 10.4. The van der Waals surface area contributed by atoms with Gasteiger partial charge in [0.05, 0.1) is 10.0 Å². The molecule has 0 radical (unpaired) electrons. The summed E-state index contributed by atoms with van der Waals surface area (Å²) in [4.78, 5) is 15.9. The van der Waals surface area contributed by atoms with Crippen molar-refractivity contribution in [1.29, 1.82) is 0 Å². The first-order valence-corrected chi connectivity index (χ1v) is 7.23. The molecule has 0 spiro atoms. The molecule has 2 aromatic heterocycles. The average Bonchev–Trinajstić information content (AvgIpc) is 2.94. The number of hydrogen-bond acceptors (Lipinski definition) is 4. The molecule has 2 rings (SSSR count). The van der Waals surface area contributed by atoms with Crippen LogP contribution in [0.2, 0.25) is 10.0 Å². The second-order valence-electron chi connectivity index (χ2n) is 4.30. The number of H-pyrrole nitrogens is 1. The van der Waals surface area contributed by atoms with Crippen molar-refractivity contribution in [1.82, 2.24) is 20.5 Å². The number of carbonyl (C=O) groups is 1. The lowest BCUT2D eigenvalue weighted by Gasteiger charge is -2.08. The summed E-state index contributed by atoms with van der Waals surface area (Å²) in [6.45, 7) is 2.90. The SMILES string of the molecule is CCc1cc(C(=O)NCCNc2ncc(Cl)cc2Cl)n[nH]1. The zero-order valence-electron chi connectivity index (χ0n) is 11.4. The number of carbonyl (C=O) groups excluding carboxylic acids is 1. The Hall–Kier alpha value is -1.79. The number of pyridine rings is 1. The van der Waals surface area contributed by atoms with E-state index >= 15 is 0 Å². The van der Waals surface area contributed by atoms with Gasteiger partial charge in [0.1, 0.15) is 11.5 Å². The zero-order valence-corrected chi connectivity index (χ0v) is 12.9. The summed E-state index contributed by atoms with van der Waals surface area (Å²) in [5.74, 6) is 0.311. The molecule has 3 N–H and O–H groups in total. The highest BCUT2D eigenvalue weighted by molar-refractivity contribution is 6.35. The zero-order chi connectivity index (χ0) is 15.2. The van der Waals surface area contributed by atoms with Crippen LogP contribution in [0.4, 0.5) is 5.82 Å². The monoisotopic (exact) mass is 327 g/mol. The lowest BCUT2D eigenvalue weighted by molar-refractivity contribution is 0.0950. The number of aromatic nitrogens is 3. The van der Waals surface area contributed by atoms with E-state index in [0.717, 1.165) is 12.1 Å². The number of halogens is 2. The van der Waals surface area contributed by atoms with Gasteiger partial charge in [0.25, 0.3) is 5.91 Å². The fourth-order valence-corrected chi connectivity index (χ4v) is 2.10. The van der Waals surface area contributed by atoms with Crippen LogP contribution in [0.1, 0.15) is 23.1 Å². The largest absolute Gasteiger partial charge is 0.367 e. The number of anilines is 1. The van der Waals surface area contributed by atoms with E-state index in [1.807, 2.05) is 6.92 Å². The molecular formula is C13H15Cl2N5O. The van der Waals surface area contributed by atoms with E-state index in [1.165, 1.54) is 6.20 Å². The van der Waals surface area contributed by atoms with Crippen molar-refractivity contribution in [3.63, 3.8) is 0 Å². The van der Waals surface area contributed by atoms with Crippen molar-refractivity contribution in [2.45, 2.75) is 13.3 Å². The van der Waals surface area contributed by atoms with Crippen LogP contribution >= 0.6 is 23.2 Å². The van der Waals surface area contributed by atoms with E-state index in [0.29, 0.717) is 34.6 Å². The molecule has 2 heterocycles. The Morgan fingerprint density at radius 1 is 1.33 bits per heavy atom. The highest BCUT2D eigenvalue weighted by Crippen LogP contribution is 2.21. The Balaban J connectivity index is 1.77. The molecule has 0 saturated carbocycles. The van der Waals surface area contributed by atoms with Gasteiger partial charge in [0.2, 0.25) is 0 Å². The summed E-state index contributed by atoms with van der Waals surface area (Å²) < 4.78 is 0. The van der Waals surface area contributed by atoms with Crippen molar-refractivity contribution in [3.8, 4) is 0 Å². The minimum Gasteiger partial charge on any atom is -0.367 e. The fourth-order valence-electron chi connectivity index (χ4n) is 1.65. The van der Waals surface area contributed by atoms with E-state index in [-0.39, 0.29) is 5.91 Å². The predicted octanol–water partition coefficient (Wildman–Crippen LogP) is 2.52. The lowest BCUT2D eigenvalue weighted by Crippen LogP contribution is -2.29. The van der Waals surface area contributed by atoms with Crippen molar-refractivity contribution in [3.05, 3.63) is 39.8 Å². The first-order chi connectivity index (χ1) is 10.1. The van der Waals surface area contributed by atoms with Crippen LogP contribution in [0.5, 0.6) is 0 Å². The summed E-state index contributed by atoms with van der Waals surface area (Å²) in [5, 5.41) is 13.4. The average molecular weight is 328 g/mol. The first-order valence-electron chi connectivity index (χ1n) is 6.47. The standard InChI is InChI=1S/C13H15Cl2N5O/c1-2-9-6-11(20-19-9)13(21)17-4-3-16-12-10(15)5-8(14)7-18-12/h5-7H,2-4H2,1H3,(H,16,18)(H,17,21)(H,19,20). The van der Waals surface area contributed by atoms with Crippen molar-refractivity contribution < 1.29 is 4.79 Å². The minimum absolute atomic E-state index is 0.220. The predicted molar refractivity (Wildman–Crippen MR) is 83.0 cm³/mol. The number of amides is 1. The van der Waals surface area contributed by atoms with Gasteiger partial charge < -0.3 is 10.6 Å². The van der Waals surface area contributed by atoms with Gasteiger partial charge in [0.15, 0.2) is 0 Å². The van der Waals surface area contributed by atoms with Crippen molar-refractivity contribution in [2.24, 2.45) is 0 Å². The second-order valence-corrected chi connectivity index (χ2v) is 5.14. The maximum atomic E-state index is 11.8. The van der Waals surface area contributed by atoms with E-state index in [9.17, 15) is 4.79 Å². The van der Waals surface area contributed by atoms with Crippen LogP contribution in [-0.4, -0.2) is 34.2 Å². The number of hydrogen-bond donors (Lipinski definition) is 3. The summed E-state index contributed by atoms with van der Waals surface area (Å²) in [6, 6.07) is 3.34. The third kappa shape index (κ3) is 4.34. The van der Waals surface area contributed by atoms with Crippen LogP contribution in [0.3, 0.4) is 0 Å². The van der Waals surface area contributed by atoms with Crippen molar-refractivity contribution >= 4 is 34.9 Å². The highest BCUT2D eigenvalue weighted by atomic mass is 35.5. The Bertz CT molecular complexity index is 629. The van der Waals surface area contributed by atoms with Gasteiger partial charge in [0, 0.05) is 25.0 Å². The summed E-state index contributed by atoms with van der Waals surface area (Å²) >= 11 is 11.7. The maximum absolute atomic E-state index is 11.8. The molecule has 112 valence electrons. The molecule has 0 saturated heterocycles. The van der Waals surface area contributed by atoms with Crippen LogP contribution in [0.15, 0.2) is 18.3 Å². The van der Waals surface area contributed by atoms with Gasteiger partial charge in [-0.25, -0.2) is 4.98 Å². The van der Waals surface area contributed by atoms with E-state index in [2.05, 4.69) is 25.8 Å². The number of rotatable bonds is 6. The van der Waals surface area contributed by atoms with Crippen LogP contribution in [0.25, 0.3) is 0 Å². The summed E-state index contributed by atoms with van der Waals surface area (Å²) in [6.07, 6.45) is 2.31. The minimum atomic E-state index is -0.220. The molecule has 2 aromatic rings. The van der Waals surface area contributed by atoms with Gasteiger partial charge in [-0.05, 0) is 18.6 Å². The molecule has 0 fully saturated rings. The third-order valence-corrected chi connectivity index (χ3v) is 3.25. The molecule has 0 aliphatic carbocycles.